The summed E-state index contributed by atoms with van der Waals surface area (Å²) in [6.45, 7) is 4.01. The van der Waals surface area contributed by atoms with Crippen molar-refractivity contribution >= 4 is 33.4 Å². The van der Waals surface area contributed by atoms with Crippen molar-refractivity contribution in [3.8, 4) is 0 Å². The Morgan fingerprint density at radius 3 is 2.65 bits per heavy atom. The van der Waals surface area contributed by atoms with Gasteiger partial charge in [-0.1, -0.05) is 41.6 Å². The molecule has 2 atom stereocenters. The number of hydrogen-bond donors (Lipinski definition) is 1. The molecule has 1 aromatic carbocycles. The standard InChI is InChI=1S/C26H34N4O6S/c1-3-35-26(32)16-20(2)28-25(31)18-23-17-22(29-36-23)12-9-15-30(24-13-7-8-14-27-24)37(33,34)19-21-10-5-4-6-11-21/h4-8,10-11,13-14,20,23H,3,9,12,15-19H2,1-2H3,(H,28,31). The lowest BCUT2D eigenvalue weighted by Gasteiger charge is -2.23. The fourth-order valence-corrected chi connectivity index (χ4v) is 5.56. The Morgan fingerprint density at radius 2 is 1.95 bits per heavy atom. The highest BCUT2D eigenvalue weighted by Crippen LogP contribution is 2.21. The third kappa shape index (κ3) is 9.16. The monoisotopic (exact) mass is 530 g/mol. The summed E-state index contributed by atoms with van der Waals surface area (Å²) in [4.78, 5) is 33.5. The van der Waals surface area contributed by atoms with Crippen LogP contribution in [0.4, 0.5) is 5.82 Å². The van der Waals surface area contributed by atoms with Gasteiger partial charge in [0.05, 0.1) is 30.9 Å². The van der Waals surface area contributed by atoms with Gasteiger partial charge in [-0.05, 0) is 44.4 Å². The SMILES string of the molecule is CCOC(=O)CC(C)NC(=O)CC1CC(CCCN(c2ccccn2)S(=O)(=O)Cc2ccccc2)=NO1. The average molecular weight is 531 g/mol. The van der Waals surface area contributed by atoms with Crippen molar-refractivity contribution in [3.63, 3.8) is 0 Å². The smallest absolute Gasteiger partial charge is 0.307 e. The first-order valence-electron chi connectivity index (χ1n) is 12.4. The number of pyridine rings is 1. The Morgan fingerprint density at radius 1 is 1.19 bits per heavy atom. The second-order valence-electron chi connectivity index (χ2n) is 8.88. The van der Waals surface area contributed by atoms with E-state index in [2.05, 4.69) is 15.5 Å². The molecule has 0 bridgehead atoms. The first kappa shape index (κ1) is 28.1. The number of sulfonamides is 1. The van der Waals surface area contributed by atoms with Crippen molar-refractivity contribution in [1.29, 1.82) is 0 Å². The van der Waals surface area contributed by atoms with E-state index in [1.54, 1.807) is 50.4 Å². The van der Waals surface area contributed by atoms with E-state index in [4.69, 9.17) is 9.57 Å². The molecule has 0 radical (unpaired) electrons. The van der Waals surface area contributed by atoms with Gasteiger partial charge in [-0.3, -0.25) is 13.9 Å². The fraction of sp³-hybridized carbons (Fsp3) is 0.462. The summed E-state index contributed by atoms with van der Waals surface area (Å²) >= 11 is 0. The van der Waals surface area contributed by atoms with E-state index in [9.17, 15) is 18.0 Å². The average Bonchev–Trinajstić information content (AvgIpc) is 3.29. The molecule has 10 nitrogen and oxygen atoms in total. The second kappa shape index (κ2) is 13.7. The lowest BCUT2D eigenvalue weighted by molar-refractivity contribution is -0.143. The predicted molar refractivity (Wildman–Crippen MR) is 140 cm³/mol. The van der Waals surface area contributed by atoms with Crippen molar-refractivity contribution in [3.05, 3.63) is 60.3 Å². The normalized spacial score (nSPS) is 15.8. The summed E-state index contributed by atoms with van der Waals surface area (Å²) in [5.74, 6) is -0.343. The van der Waals surface area contributed by atoms with Gasteiger partial charge in [0.1, 0.15) is 11.9 Å². The van der Waals surface area contributed by atoms with Gasteiger partial charge >= 0.3 is 5.97 Å². The third-order valence-corrected chi connectivity index (χ3v) is 7.39. The van der Waals surface area contributed by atoms with E-state index in [-0.39, 0.29) is 43.1 Å². The fourth-order valence-electron chi connectivity index (χ4n) is 3.99. The molecule has 0 saturated carbocycles. The molecule has 1 aromatic heterocycles. The van der Waals surface area contributed by atoms with Crippen LogP contribution < -0.4 is 9.62 Å². The van der Waals surface area contributed by atoms with E-state index in [0.29, 0.717) is 37.3 Å². The number of rotatable bonds is 14. The van der Waals surface area contributed by atoms with E-state index >= 15 is 0 Å². The van der Waals surface area contributed by atoms with Crippen LogP contribution in [-0.4, -0.2) is 56.3 Å². The summed E-state index contributed by atoms with van der Waals surface area (Å²) in [7, 11) is -3.66. The molecule has 2 unspecified atom stereocenters. The molecule has 11 heteroatoms. The number of carbonyl (C=O) groups is 2. The summed E-state index contributed by atoms with van der Waals surface area (Å²) < 4.78 is 32.7. The van der Waals surface area contributed by atoms with Gasteiger partial charge in [0.25, 0.3) is 0 Å². The molecule has 1 amide bonds. The minimum absolute atomic E-state index is 0.104. The number of aromatic nitrogens is 1. The molecular weight excluding hydrogens is 496 g/mol. The Kier molecular flexibility index (Phi) is 10.4. The van der Waals surface area contributed by atoms with E-state index in [1.807, 2.05) is 18.2 Å². The Balaban J connectivity index is 1.49. The molecule has 0 spiro atoms. The van der Waals surface area contributed by atoms with E-state index < -0.39 is 16.1 Å². The number of nitrogens with zero attached hydrogens (tertiary/aromatic N) is 3. The molecule has 2 aromatic rings. The molecule has 1 aliphatic rings. The maximum absolute atomic E-state index is 13.3. The Hall–Kier alpha value is -3.47. The Bertz CT molecular complexity index is 1160. The maximum Gasteiger partial charge on any atom is 0.307 e. The van der Waals surface area contributed by atoms with Crippen LogP contribution in [0.3, 0.4) is 0 Å². The maximum atomic E-state index is 13.3. The van der Waals surface area contributed by atoms with Crippen molar-refractivity contribution < 1.29 is 27.6 Å². The number of nitrogens with one attached hydrogen (secondary N) is 1. The molecule has 0 aliphatic carbocycles. The molecule has 200 valence electrons. The molecule has 0 fully saturated rings. The van der Waals surface area contributed by atoms with Crippen molar-refractivity contribution in [2.24, 2.45) is 5.16 Å². The van der Waals surface area contributed by atoms with Gasteiger partial charge < -0.3 is 14.9 Å². The number of amides is 1. The molecule has 0 saturated heterocycles. The predicted octanol–water partition coefficient (Wildman–Crippen LogP) is 3.19. The molecule has 1 N–H and O–H groups in total. The molecule has 37 heavy (non-hydrogen) atoms. The van der Waals surface area contributed by atoms with E-state index in [0.717, 1.165) is 5.71 Å². The highest BCUT2D eigenvalue weighted by atomic mass is 32.2. The quantitative estimate of drug-likeness (QED) is 0.372. The van der Waals surface area contributed by atoms with E-state index in [1.165, 1.54) is 4.31 Å². The van der Waals surface area contributed by atoms with Crippen LogP contribution >= 0.6 is 0 Å². The summed E-state index contributed by atoms with van der Waals surface area (Å²) in [6.07, 6.45) is 2.93. The van der Waals surface area contributed by atoms with Crippen LogP contribution in [0.25, 0.3) is 0 Å². The van der Waals surface area contributed by atoms with Gasteiger partial charge in [-0.15, -0.1) is 0 Å². The van der Waals surface area contributed by atoms with Gasteiger partial charge in [0.2, 0.25) is 15.9 Å². The first-order chi connectivity index (χ1) is 17.8. The molecule has 1 aliphatic heterocycles. The largest absolute Gasteiger partial charge is 0.466 e. The van der Waals surface area contributed by atoms with Gasteiger partial charge in [0, 0.05) is 25.2 Å². The molecular formula is C26H34N4O6S. The Labute approximate surface area is 218 Å². The third-order valence-electron chi connectivity index (χ3n) is 5.65. The number of ether oxygens (including phenoxy) is 1. The molecule has 2 heterocycles. The van der Waals surface area contributed by atoms with Crippen molar-refractivity contribution in [2.75, 3.05) is 17.5 Å². The number of hydrogen-bond acceptors (Lipinski definition) is 8. The lowest BCUT2D eigenvalue weighted by Crippen LogP contribution is -2.36. The van der Waals surface area contributed by atoms with Crippen LogP contribution in [0.15, 0.2) is 59.9 Å². The van der Waals surface area contributed by atoms with Crippen LogP contribution in [-0.2, 0) is 34.9 Å². The molecule has 3 rings (SSSR count). The highest BCUT2D eigenvalue weighted by Gasteiger charge is 2.27. The zero-order chi connectivity index (χ0) is 26.7. The zero-order valence-electron chi connectivity index (χ0n) is 21.2. The summed E-state index contributed by atoms with van der Waals surface area (Å²) in [5.41, 5.74) is 1.48. The van der Waals surface area contributed by atoms with Crippen molar-refractivity contribution in [1.82, 2.24) is 10.3 Å². The van der Waals surface area contributed by atoms with Gasteiger partial charge in [-0.25, -0.2) is 13.4 Å². The number of benzene rings is 1. The lowest BCUT2D eigenvalue weighted by atomic mass is 10.1. The topological polar surface area (TPSA) is 127 Å². The van der Waals surface area contributed by atoms with Crippen LogP contribution in [0.5, 0.6) is 0 Å². The number of carbonyl (C=O) groups excluding carboxylic acids is 2. The first-order valence-corrected chi connectivity index (χ1v) is 14.0. The highest BCUT2D eigenvalue weighted by molar-refractivity contribution is 7.92. The van der Waals surface area contributed by atoms with Crippen LogP contribution in [0, 0.1) is 0 Å². The summed E-state index contributed by atoms with van der Waals surface area (Å²) in [6, 6.07) is 13.9. The van der Waals surface area contributed by atoms with Crippen molar-refractivity contribution in [2.45, 2.75) is 63.9 Å². The minimum Gasteiger partial charge on any atom is -0.466 e. The minimum atomic E-state index is -3.66. The van der Waals surface area contributed by atoms with Gasteiger partial charge in [0.15, 0.2) is 0 Å². The summed E-state index contributed by atoms with van der Waals surface area (Å²) in [5, 5.41) is 6.87. The van der Waals surface area contributed by atoms with Gasteiger partial charge in [-0.2, -0.15) is 0 Å². The second-order valence-corrected chi connectivity index (χ2v) is 10.8. The number of oxime groups is 1. The van der Waals surface area contributed by atoms with Crippen LogP contribution in [0.1, 0.15) is 51.5 Å². The zero-order valence-corrected chi connectivity index (χ0v) is 22.0. The van der Waals surface area contributed by atoms with Crippen LogP contribution in [0.2, 0.25) is 0 Å². The number of esters is 1. The number of anilines is 1.